The van der Waals surface area contributed by atoms with Gasteiger partial charge in [0.15, 0.2) is 0 Å². The van der Waals surface area contributed by atoms with Gasteiger partial charge in [0.05, 0.1) is 11.7 Å². The first kappa shape index (κ1) is 13.4. The molecule has 0 aliphatic heterocycles. The van der Waals surface area contributed by atoms with E-state index in [1.165, 1.54) is 6.26 Å². The molecule has 2 aromatic carbocycles. The lowest BCUT2D eigenvalue weighted by molar-refractivity contribution is 0.102. The van der Waals surface area contributed by atoms with Crippen molar-refractivity contribution in [3.8, 4) is 0 Å². The third-order valence-corrected chi connectivity index (χ3v) is 3.38. The van der Waals surface area contributed by atoms with E-state index in [2.05, 4.69) is 5.32 Å². The van der Waals surface area contributed by atoms with E-state index < -0.39 is 6.10 Å². The molecule has 1 amide bonds. The SMILES string of the molecule is CC(O)c1ccc(NC(=O)c2coc3ccccc23)cc1. The van der Waals surface area contributed by atoms with E-state index in [0.717, 1.165) is 10.9 Å². The van der Waals surface area contributed by atoms with Crippen molar-refractivity contribution < 1.29 is 14.3 Å². The van der Waals surface area contributed by atoms with E-state index in [1.807, 2.05) is 24.3 Å². The van der Waals surface area contributed by atoms with Crippen molar-refractivity contribution in [1.29, 1.82) is 0 Å². The van der Waals surface area contributed by atoms with Gasteiger partial charge in [-0.25, -0.2) is 0 Å². The molecule has 0 aliphatic rings. The fourth-order valence-corrected chi connectivity index (χ4v) is 2.20. The maximum absolute atomic E-state index is 12.3. The molecule has 4 nitrogen and oxygen atoms in total. The molecule has 106 valence electrons. The van der Waals surface area contributed by atoms with E-state index in [-0.39, 0.29) is 5.91 Å². The van der Waals surface area contributed by atoms with Gasteiger partial charge < -0.3 is 14.8 Å². The van der Waals surface area contributed by atoms with Gasteiger partial charge in [-0.2, -0.15) is 0 Å². The highest BCUT2D eigenvalue weighted by molar-refractivity contribution is 6.12. The zero-order chi connectivity index (χ0) is 14.8. The van der Waals surface area contributed by atoms with Crippen molar-refractivity contribution in [2.45, 2.75) is 13.0 Å². The van der Waals surface area contributed by atoms with Crippen LogP contribution in [0.5, 0.6) is 0 Å². The van der Waals surface area contributed by atoms with Crippen molar-refractivity contribution >= 4 is 22.6 Å². The Balaban J connectivity index is 1.83. The minimum atomic E-state index is -0.521. The van der Waals surface area contributed by atoms with Crippen molar-refractivity contribution in [3.05, 3.63) is 65.9 Å². The lowest BCUT2D eigenvalue weighted by atomic mass is 10.1. The van der Waals surface area contributed by atoms with Crippen LogP contribution in [0.1, 0.15) is 28.9 Å². The Labute approximate surface area is 122 Å². The third-order valence-electron chi connectivity index (χ3n) is 3.38. The number of furan rings is 1. The first-order valence-electron chi connectivity index (χ1n) is 6.71. The van der Waals surface area contributed by atoms with E-state index in [0.29, 0.717) is 16.8 Å². The molecule has 1 unspecified atom stereocenters. The maximum atomic E-state index is 12.3. The second-order valence-electron chi connectivity index (χ2n) is 4.90. The Morgan fingerprint density at radius 2 is 1.86 bits per heavy atom. The van der Waals surface area contributed by atoms with Crippen LogP contribution in [0.2, 0.25) is 0 Å². The largest absolute Gasteiger partial charge is 0.463 e. The molecule has 0 bridgehead atoms. The van der Waals surface area contributed by atoms with Gasteiger partial charge in [0.25, 0.3) is 5.91 Å². The lowest BCUT2D eigenvalue weighted by Crippen LogP contribution is -2.11. The molecule has 1 heterocycles. The number of rotatable bonds is 3. The highest BCUT2D eigenvalue weighted by atomic mass is 16.3. The monoisotopic (exact) mass is 281 g/mol. The molecule has 1 aromatic heterocycles. The van der Waals surface area contributed by atoms with E-state index in [9.17, 15) is 9.90 Å². The van der Waals surface area contributed by atoms with Gasteiger partial charge in [-0.1, -0.05) is 30.3 Å². The highest BCUT2D eigenvalue weighted by Gasteiger charge is 2.13. The minimum Gasteiger partial charge on any atom is -0.463 e. The van der Waals surface area contributed by atoms with Crippen LogP contribution >= 0.6 is 0 Å². The summed E-state index contributed by atoms with van der Waals surface area (Å²) in [5.74, 6) is -0.218. The van der Waals surface area contributed by atoms with Crippen LogP contribution in [0, 0.1) is 0 Å². The molecule has 2 N–H and O–H groups in total. The van der Waals surface area contributed by atoms with Crippen LogP contribution in [0.25, 0.3) is 11.0 Å². The summed E-state index contributed by atoms with van der Waals surface area (Å²) in [4.78, 5) is 12.3. The molecule has 0 aliphatic carbocycles. The van der Waals surface area contributed by atoms with Crippen LogP contribution < -0.4 is 5.32 Å². The third kappa shape index (κ3) is 2.66. The Morgan fingerprint density at radius 3 is 2.57 bits per heavy atom. The van der Waals surface area contributed by atoms with Gasteiger partial charge in [-0.15, -0.1) is 0 Å². The molecule has 1 atom stereocenters. The Morgan fingerprint density at radius 1 is 1.14 bits per heavy atom. The van der Waals surface area contributed by atoms with Crippen LogP contribution in [0.4, 0.5) is 5.69 Å². The fraction of sp³-hybridized carbons (Fsp3) is 0.118. The van der Waals surface area contributed by atoms with Crippen molar-refractivity contribution in [3.63, 3.8) is 0 Å². The molecule has 21 heavy (non-hydrogen) atoms. The van der Waals surface area contributed by atoms with E-state index in [4.69, 9.17) is 4.42 Å². The second kappa shape index (κ2) is 5.42. The van der Waals surface area contributed by atoms with Gasteiger partial charge in [0, 0.05) is 11.1 Å². The van der Waals surface area contributed by atoms with Gasteiger partial charge in [0.1, 0.15) is 11.8 Å². The van der Waals surface area contributed by atoms with Crippen molar-refractivity contribution in [2.75, 3.05) is 5.32 Å². The molecule has 0 radical (unpaired) electrons. The number of benzene rings is 2. The number of amides is 1. The second-order valence-corrected chi connectivity index (χ2v) is 4.90. The topological polar surface area (TPSA) is 62.5 Å². The first-order valence-corrected chi connectivity index (χ1v) is 6.71. The number of para-hydroxylation sites is 1. The molecule has 0 fully saturated rings. The summed E-state index contributed by atoms with van der Waals surface area (Å²) < 4.78 is 5.36. The quantitative estimate of drug-likeness (QED) is 0.768. The van der Waals surface area contributed by atoms with Crippen molar-refractivity contribution in [2.24, 2.45) is 0 Å². The summed E-state index contributed by atoms with van der Waals surface area (Å²) in [6, 6.07) is 14.5. The molecular weight excluding hydrogens is 266 g/mol. The highest BCUT2D eigenvalue weighted by Crippen LogP contribution is 2.22. The number of hydrogen-bond donors (Lipinski definition) is 2. The van der Waals surface area contributed by atoms with Crippen LogP contribution in [-0.4, -0.2) is 11.0 Å². The fourth-order valence-electron chi connectivity index (χ4n) is 2.20. The molecule has 0 saturated carbocycles. The lowest BCUT2D eigenvalue weighted by Gasteiger charge is -2.07. The predicted molar refractivity (Wildman–Crippen MR) is 81.2 cm³/mol. The zero-order valence-electron chi connectivity index (χ0n) is 11.5. The molecule has 3 aromatic rings. The zero-order valence-corrected chi connectivity index (χ0v) is 11.5. The maximum Gasteiger partial charge on any atom is 0.259 e. The van der Waals surface area contributed by atoms with Crippen molar-refractivity contribution in [1.82, 2.24) is 0 Å². The summed E-state index contributed by atoms with van der Waals surface area (Å²) in [5.41, 5.74) is 2.67. The standard InChI is InChI=1S/C17H15NO3/c1-11(19)12-6-8-13(9-7-12)18-17(20)15-10-21-16-5-3-2-4-14(15)16/h2-11,19H,1H3,(H,18,20). The predicted octanol–water partition coefficient (Wildman–Crippen LogP) is 3.74. The molecule has 0 spiro atoms. The Kier molecular flexibility index (Phi) is 3.46. The molecule has 3 rings (SSSR count). The van der Waals surface area contributed by atoms with Crippen LogP contribution in [0.3, 0.4) is 0 Å². The van der Waals surface area contributed by atoms with Crippen LogP contribution in [-0.2, 0) is 0 Å². The average molecular weight is 281 g/mol. The van der Waals surface area contributed by atoms with E-state index in [1.54, 1.807) is 31.2 Å². The van der Waals surface area contributed by atoms with Gasteiger partial charge in [-0.3, -0.25) is 4.79 Å². The average Bonchev–Trinajstić information content (AvgIpc) is 2.92. The number of nitrogens with one attached hydrogen (secondary N) is 1. The first-order chi connectivity index (χ1) is 10.1. The summed E-state index contributed by atoms with van der Waals surface area (Å²) >= 11 is 0. The smallest absolute Gasteiger partial charge is 0.259 e. The Bertz CT molecular complexity index is 772. The molecule has 0 saturated heterocycles. The summed E-state index contributed by atoms with van der Waals surface area (Å²) in [5, 5.41) is 13.1. The molecular formula is C17H15NO3. The number of fused-ring (bicyclic) bond motifs is 1. The minimum absolute atomic E-state index is 0.218. The Hall–Kier alpha value is -2.59. The normalized spacial score (nSPS) is 12.3. The number of aliphatic hydroxyl groups excluding tert-OH is 1. The summed E-state index contributed by atoms with van der Waals surface area (Å²) in [7, 11) is 0. The number of anilines is 1. The van der Waals surface area contributed by atoms with Gasteiger partial charge in [0.2, 0.25) is 0 Å². The summed E-state index contributed by atoms with van der Waals surface area (Å²) in [6.07, 6.45) is 0.942. The van der Waals surface area contributed by atoms with Gasteiger partial charge >= 0.3 is 0 Å². The van der Waals surface area contributed by atoms with E-state index >= 15 is 0 Å². The number of carbonyl (C=O) groups excluding carboxylic acids is 1. The van der Waals surface area contributed by atoms with Gasteiger partial charge in [-0.05, 0) is 30.7 Å². The number of aliphatic hydroxyl groups is 1. The number of hydrogen-bond acceptors (Lipinski definition) is 3. The molecule has 4 heteroatoms. The number of carbonyl (C=O) groups is 1. The van der Waals surface area contributed by atoms with Crippen LogP contribution in [0.15, 0.2) is 59.2 Å². The summed E-state index contributed by atoms with van der Waals surface area (Å²) in [6.45, 7) is 1.70.